The topological polar surface area (TPSA) is 61.1 Å². The lowest BCUT2D eigenvalue weighted by Crippen LogP contribution is -2.47. The Balaban J connectivity index is 2.81. The second kappa shape index (κ2) is 4.97. The molecule has 0 aromatic rings. The molecule has 1 N–H and O–H groups in total. The van der Waals surface area contributed by atoms with E-state index in [4.69, 9.17) is 0 Å². The maximum atomic E-state index is 10.6. The molecule has 0 heterocycles. The van der Waals surface area contributed by atoms with E-state index in [2.05, 4.69) is 13.0 Å². The summed E-state index contributed by atoms with van der Waals surface area (Å²) in [6, 6.07) is 2.28. The fourth-order valence-corrected chi connectivity index (χ4v) is 2.71. The van der Waals surface area contributed by atoms with Gasteiger partial charge in [-0.2, -0.15) is 5.26 Å². The van der Waals surface area contributed by atoms with Gasteiger partial charge in [0.2, 0.25) is 0 Å². The monoisotopic (exact) mass is 223 g/mol. The number of nitrogens with zero attached hydrogens (tertiary/aromatic N) is 1. The molecule has 3 nitrogen and oxygen atoms in total. The van der Waals surface area contributed by atoms with Crippen LogP contribution in [0.2, 0.25) is 0 Å². The summed E-state index contributed by atoms with van der Waals surface area (Å²) in [6.45, 7) is 3.78. The Morgan fingerprint density at radius 2 is 2.12 bits per heavy atom. The third-order valence-corrected chi connectivity index (χ3v) is 4.26. The largest absolute Gasteiger partial charge is 0.388 e. The van der Waals surface area contributed by atoms with Gasteiger partial charge in [0, 0.05) is 6.42 Å². The first-order valence-electron chi connectivity index (χ1n) is 6.08. The lowest BCUT2D eigenvalue weighted by molar-refractivity contribution is -0.119. The summed E-state index contributed by atoms with van der Waals surface area (Å²) in [5.41, 5.74) is -1.90. The molecule has 1 unspecified atom stereocenters. The number of aliphatic hydroxyl groups is 1. The molecule has 0 radical (unpaired) electrons. The predicted molar refractivity (Wildman–Crippen MR) is 61.6 cm³/mol. The normalized spacial score (nSPS) is 33.8. The Morgan fingerprint density at radius 1 is 1.56 bits per heavy atom. The number of nitriles is 1. The van der Waals surface area contributed by atoms with Crippen molar-refractivity contribution in [3.05, 3.63) is 0 Å². The van der Waals surface area contributed by atoms with Crippen LogP contribution in [0.5, 0.6) is 0 Å². The van der Waals surface area contributed by atoms with Crippen molar-refractivity contribution in [2.24, 2.45) is 11.3 Å². The van der Waals surface area contributed by atoms with Crippen LogP contribution >= 0.6 is 0 Å². The molecule has 3 heteroatoms. The summed E-state index contributed by atoms with van der Waals surface area (Å²) >= 11 is 0. The molecular formula is C13H21NO2. The molecule has 90 valence electrons. The average Bonchev–Trinajstić information content (AvgIpc) is 2.29. The van der Waals surface area contributed by atoms with E-state index < -0.39 is 11.0 Å². The Kier molecular flexibility index (Phi) is 4.09. The molecule has 0 saturated heterocycles. The highest BCUT2D eigenvalue weighted by molar-refractivity contribution is 5.52. The minimum Gasteiger partial charge on any atom is -0.388 e. The van der Waals surface area contributed by atoms with Crippen molar-refractivity contribution in [2.45, 2.75) is 58.0 Å². The van der Waals surface area contributed by atoms with Crippen LogP contribution in [-0.2, 0) is 4.79 Å². The van der Waals surface area contributed by atoms with Gasteiger partial charge in [-0.15, -0.1) is 0 Å². The summed E-state index contributed by atoms with van der Waals surface area (Å²) in [6.07, 6.45) is 5.30. The van der Waals surface area contributed by atoms with E-state index in [1.165, 1.54) is 0 Å². The van der Waals surface area contributed by atoms with Crippen LogP contribution in [0.15, 0.2) is 0 Å². The predicted octanol–water partition coefficient (Wildman–Crippen LogP) is 2.44. The van der Waals surface area contributed by atoms with Crippen LogP contribution in [-0.4, -0.2) is 17.0 Å². The van der Waals surface area contributed by atoms with E-state index in [-0.39, 0.29) is 6.42 Å². The summed E-state index contributed by atoms with van der Waals surface area (Å²) < 4.78 is 0. The van der Waals surface area contributed by atoms with E-state index in [1.807, 2.05) is 0 Å². The van der Waals surface area contributed by atoms with Gasteiger partial charge < -0.3 is 9.90 Å². The van der Waals surface area contributed by atoms with Crippen molar-refractivity contribution in [3.63, 3.8) is 0 Å². The van der Waals surface area contributed by atoms with Gasteiger partial charge in [0.25, 0.3) is 0 Å². The molecule has 0 aromatic carbocycles. The van der Waals surface area contributed by atoms with Crippen molar-refractivity contribution in [2.75, 3.05) is 0 Å². The van der Waals surface area contributed by atoms with Crippen molar-refractivity contribution < 1.29 is 9.90 Å². The molecule has 1 fully saturated rings. The summed E-state index contributed by atoms with van der Waals surface area (Å²) in [4.78, 5) is 10.6. The van der Waals surface area contributed by atoms with Crippen LogP contribution in [0.3, 0.4) is 0 Å². The van der Waals surface area contributed by atoms with Crippen molar-refractivity contribution in [1.82, 2.24) is 0 Å². The average molecular weight is 223 g/mol. The van der Waals surface area contributed by atoms with E-state index in [1.54, 1.807) is 6.92 Å². The molecule has 0 aromatic heterocycles. The van der Waals surface area contributed by atoms with E-state index >= 15 is 0 Å². The summed E-state index contributed by atoms with van der Waals surface area (Å²) in [5, 5.41) is 19.6. The molecule has 1 aliphatic rings. The highest BCUT2D eigenvalue weighted by Crippen LogP contribution is 2.47. The number of hydrogen-bond donors (Lipinski definition) is 1. The first-order chi connectivity index (χ1) is 7.51. The Labute approximate surface area is 97.5 Å². The van der Waals surface area contributed by atoms with Crippen LogP contribution in [0, 0.1) is 22.7 Å². The smallest absolute Gasteiger partial charge is 0.122 e. The van der Waals surface area contributed by atoms with Gasteiger partial charge in [-0.25, -0.2) is 0 Å². The number of hydrogen-bond acceptors (Lipinski definition) is 3. The molecule has 0 spiro atoms. The lowest BCUT2D eigenvalue weighted by atomic mass is 9.61. The lowest BCUT2D eigenvalue weighted by Gasteiger charge is -2.43. The molecule has 1 aliphatic carbocycles. The zero-order chi connectivity index (χ0) is 12.2. The molecule has 0 aliphatic heterocycles. The van der Waals surface area contributed by atoms with Gasteiger partial charge in [-0.05, 0) is 38.5 Å². The quantitative estimate of drug-likeness (QED) is 0.744. The van der Waals surface area contributed by atoms with Crippen LogP contribution in [0.4, 0.5) is 0 Å². The molecule has 16 heavy (non-hydrogen) atoms. The van der Waals surface area contributed by atoms with Crippen molar-refractivity contribution in [1.29, 1.82) is 5.26 Å². The molecule has 0 bridgehead atoms. The fourth-order valence-electron chi connectivity index (χ4n) is 2.71. The van der Waals surface area contributed by atoms with Gasteiger partial charge in [0.15, 0.2) is 0 Å². The van der Waals surface area contributed by atoms with Crippen molar-refractivity contribution >= 4 is 6.29 Å². The van der Waals surface area contributed by atoms with Crippen LogP contribution in [0.25, 0.3) is 0 Å². The van der Waals surface area contributed by atoms with Crippen LogP contribution < -0.4 is 0 Å². The first-order valence-corrected chi connectivity index (χ1v) is 6.08. The van der Waals surface area contributed by atoms with E-state index in [9.17, 15) is 15.2 Å². The Morgan fingerprint density at radius 3 is 2.50 bits per heavy atom. The highest BCUT2D eigenvalue weighted by atomic mass is 16.3. The number of aldehydes is 1. The molecular weight excluding hydrogens is 202 g/mol. The fraction of sp³-hybridized carbons (Fsp3) is 0.846. The molecule has 1 rings (SSSR count). The Hall–Kier alpha value is -0.880. The maximum absolute atomic E-state index is 10.6. The number of rotatable bonds is 4. The second-order valence-corrected chi connectivity index (χ2v) is 5.19. The minimum absolute atomic E-state index is 0.0529. The number of carbonyl (C=O) groups is 1. The van der Waals surface area contributed by atoms with E-state index in [0.717, 1.165) is 19.3 Å². The molecule has 0 amide bonds. The van der Waals surface area contributed by atoms with Gasteiger partial charge in [-0.3, -0.25) is 0 Å². The van der Waals surface area contributed by atoms with Gasteiger partial charge >= 0.3 is 0 Å². The minimum atomic E-state index is -1.18. The van der Waals surface area contributed by atoms with Gasteiger partial charge in [0.1, 0.15) is 6.29 Å². The second-order valence-electron chi connectivity index (χ2n) is 5.19. The molecule has 1 atom stereocenters. The van der Waals surface area contributed by atoms with Gasteiger partial charge in [0.05, 0.1) is 17.1 Å². The zero-order valence-corrected chi connectivity index (χ0v) is 10.2. The standard InChI is InChI=1S/C13H21NO2/c1-3-11-4-6-13(10-14,7-5-11)12(2,16)8-9-15/h9,11,16H,3-8H2,1-2H3. The zero-order valence-electron chi connectivity index (χ0n) is 10.2. The number of carbonyl (C=O) groups excluding carboxylic acids is 1. The van der Waals surface area contributed by atoms with Crippen LogP contribution in [0.1, 0.15) is 52.4 Å². The van der Waals surface area contributed by atoms with Crippen molar-refractivity contribution in [3.8, 4) is 6.07 Å². The summed E-state index contributed by atoms with van der Waals surface area (Å²) in [7, 11) is 0. The van der Waals surface area contributed by atoms with E-state index in [0.29, 0.717) is 25.0 Å². The summed E-state index contributed by atoms with van der Waals surface area (Å²) in [5.74, 6) is 0.675. The maximum Gasteiger partial charge on any atom is 0.122 e. The molecule has 1 saturated carbocycles. The van der Waals surface area contributed by atoms with Gasteiger partial charge in [-0.1, -0.05) is 13.3 Å². The Bertz CT molecular complexity index is 283. The SMILES string of the molecule is CCC1CCC(C#N)(C(C)(O)CC=O)CC1. The highest BCUT2D eigenvalue weighted by Gasteiger charge is 2.48. The first kappa shape index (κ1) is 13.2. The third-order valence-electron chi connectivity index (χ3n) is 4.26. The third kappa shape index (κ3) is 2.27.